The van der Waals surface area contributed by atoms with Crippen molar-refractivity contribution in [3.8, 4) is 17.2 Å². The Bertz CT molecular complexity index is 960. The molecule has 154 valence electrons. The molecule has 4 rings (SSSR count). The maximum absolute atomic E-state index is 12.9. The Hall–Kier alpha value is -2.68. The number of Topliss-reactive ketones (excluding diaryl/α,β-unsaturated/α-hetero) is 1. The molecule has 0 unspecified atom stereocenters. The molecule has 1 atom stereocenters. The number of ether oxygens (including phenoxy) is 3. The van der Waals surface area contributed by atoms with Gasteiger partial charge < -0.3 is 19.5 Å². The van der Waals surface area contributed by atoms with E-state index in [1.54, 1.807) is 37.8 Å². The van der Waals surface area contributed by atoms with Crippen molar-refractivity contribution in [2.24, 2.45) is 0 Å². The predicted octanol–water partition coefficient (Wildman–Crippen LogP) is 3.44. The number of methoxy groups -OCH3 is 3. The minimum atomic E-state index is -0.401. The molecule has 8 nitrogen and oxygen atoms in total. The highest BCUT2D eigenvalue weighted by Gasteiger charge is 2.37. The molecule has 0 amide bonds. The summed E-state index contributed by atoms with van der Waals surface area (Å²) in [6, 6.07) is 3.35. The number of nitrogens with one attached hydrogen (secondary N) is 1. The Kier molecular flexibility index (Phi) is 5.40. The Labute approximate surface area is 173 Å². The highest BCUT2D eigenvalue weighted by atomic mass is 32.2. The topological polar surface area (TPSA) is 87.5 Å². The summed E-state index contributed by atoms with van der Waals surface area (Å²) in [5, 5.41) is 8.70. The van der Waals surface area contributed by atoms with Crippen molar-refractivity contribution in [2.75, 3.05) is 32.4 Å². The summed E-state index contributed by atoms with van der Waals surface area (Å²) < 4.78 is 18.3. The van der Waals surface area contributed by atoms with Crippen molar-refractivity contribution in [1.29, 1.82) is 0 Å². The van der Waals surface area contributed by atoms with Crippen molar-refractivity contribution >= 4 is 23.5 Å². The van der Waals surface area contributed by atoms with Crippen LogP contribution in [-0.4, -0.2) is 47.6 Å². The van der Waals surface area contributed by atoms with Crippen LogP contribution in [0.1, 0.15) is 37.8 Å². The van der Waals surface area contributed by atoms with Crippen molar-refractivity contribution in [2.45, 2.75) is 37.4 Å². The van der Waals surface area contributed by atoms with E-state index in [-0.39, 0.29) is 5.78 Å². The van der Waals surface area contributed by atoms with Gasteiger partial charge in [-0.15, -0.1) is 5.10 Å². The number of carbonyl (C=O) groups is 1. The number of carbonyl (C=O) groups excluding carboxylic acids is 1. The average molecular weight is 417 g/mol. The summed E-state index contributed by atoms with van der Waals surface area (Å²) in [6.45, 7) is 2.06. The normalized spacial score (nSPS) is 18.1. The van der Waals surface area contributed by atoms with Gasteiger partial charge in [-0.1, -0.05) is 18.7 Å². The third kappa shape index (κ3) is 3.33. The molecule has 29 heavy (non-hydrogen) atoms. The van der Waals surface area contributed by atoms with Gasteiger partial charge in [0.2, 0.25) is 16.9 Å². The zero-order valence-electron chi connectivity index (χ0n) is 16.9. The third-order valence-corrected chi connectivity index (χ3v) is 5.84. The second-order valence-electron chi connectivity index (χ2n) is 6.75. The number of aromatic nitrogens is 3. The molecule has 0 fully saturated rings. The van der Waals surface area contributed by atoms with Gasteiger partial charge >= 0.3 is 0 Å². The number of thioether (sulfide) groups is 1. The van der Waals surface area contributed by atoms with Gasteiger partial charge in [0.05, 0.1) is 21.3 Å². The van der Waals surface area contributed by atoms with Crippen LogP contribution in [-0.2, 0) is 4.79 Å². The van der Waals surface area contributed by atoms with E-state index in [0.717, 1.165) is 35.4 Å². The quantitative estimate of drug-likeness (QED) is 0.717. The zero-order valence-corrected chi connectivity index (χ0v) is 17.8. The first-order valence-electron chi connectivity index (χ1n) is 9.53. The summed E-state index contributed by atoms with van der Waals surface area (Å²) in [4.78, 5) is 17.6. The fourth-order valence-corrected chi connectivity index (χ4v) is 4.45. The number of rotatable bonds is 6. The van der Waals surface area contributed by atoms with Crippen LogP contribution in [0.25, 0.3) is 0 Å². The molecule has 0 radical (unpaired) electrons. The highest BCUT2D eigenvalue weighted by Crippen LogP contribution is 2.45. The minimum absolute atomic E-state index is 0.128. The minimum Gasteiger partial charge on any atom is -0.493 e. The summed E-state index contributed by atoms with van der Waals surface area (Å²) in [5.41, 5.74) is 2.49. The Morgan fingerprint density at radius 2 is 1.90 bits per heavy atom. The third-order valence-electron chi connectivity index (χ3n) is 5.12. The molecule has 1 aliphatic heterocycles. The number of ketones is 1. The van der Waals surface area contributed by atoms with Crippen LogP contribution in [0, 0.1) is 0 Å². The lowest BCUT2D eigenvalue weighted by Gasteiger charge is -2.32. The predicted molar refractivity (Wildman–Crippen MR) is 110 cm³/mol. The fourth-order valence-electron chi connectivity index (χ4n) is 3.89. The number of anilines is 1. The van der Waals surface area contributed by atoms with Crippen LogP contribution in [0.3, 0.4) is 0 Å². The first-order valence-corrected chi connectivity index (χ1v) is 10.5. The van der Waals surface area contributed by atoms with E-state index >= 15 is 0 Å². The largest absolute Gasteiger partial charge is 0.493 e. The fraction of sp³-hybridized carbons (Fsp3) is 0.450. The molecular formula is C20H24N4O4S. The summed E-state index contributed by atoms with van der Waals surface area (Å²) in [7, 11) is 4.73. The molecule has 9 heteroatoms. The smallest absolute Gasteiger partial charge is 0.227 e. The number of allylic oxidation sites excluding steroid dienone is 2. The molecule has 1 aromatic heterocycles. The molecule has 1 aliphatic carbocycles. The van der Waals surface area contributed by atoms with Crippen LogP contribution < -0.4 is 19.5 Å². The van der Waals surface area contributed by atoms with Gasteiger partial charge in [0.25, 0.3) is 0 Å². The number of benzene rings is 1. The first-order chi connectivity index (χ1) is 14.1. The van der Waals surface area contributed by atoms with Crippen molar-refractivity contribution in [3.63, 3.8) is 0 Å². The number of hydrogen-bond acceptors (Lipinski definition) is 8. The van der Waals surface area contributed by atoms with E-state index in [2.05, 4.69) is 22.3 Å². The van der Waals surface area contributed by atoms with Crippen molar-refractivity contribution in [1.82, 2.24) is 14.8 Å². The van der Waals surface area contributed by atoms with E-state index < -0.39 is 6.04 Å². The molecule has 2 heterocycles. The Balaban J connectivity index is 1.92. The SMILES string of the molecule is CCSc1nc2n(n1)[C@H](c1cc(OC)c(OC)c(OC)c1)C1=C(CCCC1=O)N2. The lowest BCUT2D eigenvalue weighted by Crippen LogP contribution is -2.31. The van der Waals surface area contributed by atoms with Gasteiger partial charge in [0.15, 0.2) is 17.3 Å². The van der Waals surface area contributed by atoms with E-state index in [1.807, 2.05) is 12.1 Å². The Morgan fingerprint density at radius 3 is 2.52 bits per heavy atom. The lowest BCUT2D eigenvalue weighted by molar-refractivity contribution is -0.116. The molecule has 1 aromatic carbocycles. The lowest BCUT2D eigenvalue weighted by atomic mass is 9.85. The molecule has 2 aliphatic rings. The van der Waals surface area contributed by atoms with Crippen molar-refractivity contribution in [3.05, 3.63) is 29.0 Å². The van der Waals surface area contributed by atoms with Gasteiger partial charge in [-0.2, -0.15) is 4.98 Å². The maximum Gasteiger partial charge on any atom is 0.227 e. The van der Waals surface area contributed by atoms with E-state index in [0.29, 0.717) is 34.8 Å². The summed E-state index contributed by atoms with van der Waals surface area (Å²) >= 11 is 1.57. The van der Waals surface area contributed by atoms with Gasteiger partial charge in [0, 0.05) is 17.7 Å². The van der Waals surface area contributed by atoms with Crippen LogP contribution in [0.4, 0.5) is 5.95 Å². The summed E-state index contributed by atoms with van der Waals surface area (Å²) in [6.07, 6.45) is 2.17. The van der Waals surface area contributed by atoms with Crippen LogP contribution in [0.15, 0.2) is 28.6 Å². The molecule has 2 aromatic rings. The molecule has 0 spiro atoms. The maximum atomic E-state index is 12.9. The van der Waals surface area contributed by atoms with Gasteiger partial charge in [-0.05, 0) is 36.3 Å². The molecule has 1 N–H and O–H groups in total. The molecule has 0 saturated carbocycles. The van der Waals surface area contributed by atoms with E-state index in [4.69, 9.17) is 14.2 Å². The number of fused-ring (bicyclic) bond motifs is 1. The monoisotopic (exact) mass is 416 g/mol. The number of nitrogens with zero attached hydrogens (tertiary/aromatic N) is 3. The van der Waals surface area contributed by atoms with Gasteiger partial charge in [0.1, 0.15) is 6.04 Å². The van der Waals surface area contributed by atoms with Crippen LogP contribution in [0.2, 0.25) is 0 Å². The first kappa shape index (κ1) is 19.6. The van der Waals surface area contributed by atoms with Crippen LogP contribution >= 0.6 is 11.8 Å². The molecular weight excluding hydrogens is 392 g/mol. The molecule has 0 saturated heterocycles. The number of hydrogen-bond donors (Lipinski definition) is 1. The highest BCUT2D eigenvalue weighted by molar-refractivity contribution is 7.99. The molecule has 0 bridgehead atoms. The average Bonchev–Trinajstić information content (AvgIpc) is 3.13. The van der Waals surface area contributed by atoms with Crippen molar-refractivity contribution < 1.29 is 19.0 Å². The zero-order chi connectivity index (χ0) is 20.5. The Morgan fingerprint density at radius 1 is 1.17 bits per heavy atom. The van der Waals surface area contributed by atoms with E-state index in [1.165, 1.54) is 0 Å². The van der Waals surface area contributed by atoms with E-state index in [9.17, 15) is 4.79 Å². The summed E-state index contributed by atoms with van der Waals surface area (Å²) in [5.74, 6) is 3.23. The van der Waals surface area contributed by atoms with Gasteiger partial charge in [-0.3, -0.25) is 4.79 Å². The van der Waals surface area contributed by atoms with Crippen LogP contribution in [0.5, 0.6) is 17.2 Å². The standard InChI is InChI=1S/C20H24N4O4S/c1-5-29-20-22-19-21-12-7-6-8-13(25)16(12)17(24(19)23-20)11-9-14(26-2)18(28-4)15(10-11)27-3/h9-10,17H,5-8H2,1-4H3,(H,21,22,23)/t17-/m1/s1. The van der Waals surface area contributed by atoms with Gasteiger partial charge in [-0.25, -0.2) is 4.68 Å². The second kappa shape index (κ2) is 7.98. The second-order valence-corrected chi connectivity index (χ2v) is 7.98.